The van der Waals surface area contributed by atoms with Crippen LogP contribution >= 0.6 is 11.3 Å². The summed E-state index contributed by atoms with van der Waals surface area (Å²) in [6.07, 6.45) is 4.43. The molecule has 136 valence electrons. The molecule has 6 nitrogen and oxygen atoms in total. The van der Waals surface area contributed by atoms with Crippen molar-refractivity contribution in [3.8, 4) is 0 Å². The van der Waals surface area contributed by atoms with E-state index in [2.05, 4.69) is 19.6 Å². The van der Waals surface area contributed by atoms with Crippen molar-refractivity contribution in [3.63, 3.8) is 0 Å². The van der Waals surface area contributed by atoms with Crippen molar-refractivity contribution < 1.29 is 8.42 Å². The van der Waals surface area contributed by atoms with Crippen molar-refractivity contribution in [2.75, 3.05) is 18.0 Å². The first-order valence-electron chi connectivity index (χ1n) is 8.66. The molecule has 0 spiro atoms. The molecule has 0 aliphatic carbocycles. The van der Waals surface area contributed by atoms with Crippen molar-refractivity contribution >= 4 is 27.2 Å². The minimum Gasteiger partial charge on any atom is -0.357 e. The van der Waals surface area contributed by atoms with E-state index in [1.165, 1.54) is 30.6 Å². The number of hydrogen-bond donors (Lipinski definition) is 1. The number of aryl methyl sites for hydroxylation is 2. The first-order chi connectivity index (χ1) is 12.0. The van der Waals surface area contributed by atoms with Crippen LogP contribution in [0.25, 0.3) is 0 Å². The predicted molar refractivity (Wildman–Crippen MR) is 101 cm³/mol. The van der Waals surface area contributed by atoms with E-state index < -0.39 is 10.0 Å². The molecule has 0 bridgehead atoms. The molecule has 2 aromatic heterocycles. The van der Waals surface area contributed by atoms with Crippen LogP contribution in [0, 0.1) is 6.92 Å². The summed E-state index contributed by atoms with van der Waals surface area (Å²) in [6, 6.07) is 5.48. The monoisotopic (exact) mass is 380 g/mol. The third kappa shape index (κ3) is 4.56. The van der Waals surface area contributed by atoms with E-state index in [4.69, 9.17) is 0 Å². The van der Waals surface area contributed by atoms with Crippen LogP contribution in [0.2, 0.25) is 0 Å². The maximum Gasteiger partial charge on any atom is 0.250 e. The Morgan fingerprint density at radius 1 is 1.20 bits per heavy atom. The van der Waals surface area contributed by atoms with Gasteiger partial charge in [-0.05, 0) is 44.7 Å². The SMILES string of the molecule is CCc1ccc(S(=O)(=O)NCc2nc(C)cc(N3CCCCC3)n2)s1. The molecule has 1 aliphatic rings. The molecule has 3 heterocycles. The Bertz CT molecular complexity index is 827. The van der Waals surface area contributed by atoms with E-state index >= 15 is 0 Å². The van der Waals surface area contributed by atoms with Crippen molar-refractivity contribution in [2.24, 2.45) is 0 Å². The van der Waals surface area contributed by atoms with Gasteiger partial charge in [-0.2, -0.15) is 0 Å². The number of nitrogens with one attached hydrogen (secondary N) is 1. The van der Waals surface area contributed by atoms with Crippen LogP contribution in [0.4, 0.5) is 5.82 Å². The highest BCUT2D eigenvalue weighted by Crippen LogP contribution is 2.22. The van der Waals surface area contributed by atoms with E-state index in [0.29, 0.717) is 10.0 Å². The summed E-state index contributed by atoms with van der Waals surface area (Å²) in [6.45, 7) is 6.02. The van der Waals surface area contributed by atoms with Crippen LogP contribution in [-0.2, 0) is 23.0 Å². The number of sulfonamides is 1. The van der Waals surface area contributed by atoms with E-state index in [9.17, 15) is 8.42 Å². The summed E-state index contributed by atoms with van der Waals surface area (Å²) >= 11 is 1.30. The molecule has 1 fully saturated rings. The molecule has 25 heavy (non-hydrogen) atoms. The first kappa shape index (κ1) is 18.3. The van der Waals surface area contributed by atoms with Gasteiger partial charge in [0.15, 0.2) is 0 Å². The normalized spacial score (nSPS) is 15.5. The average molecular weight is 381 g/mol. The summed E-state index contributed by atoms with van der Waals surface area (Å²) in [7, 11) is -3.52. The van der Waals surface area contributed by atoms with Gasteiger partial charge in [0, 0.05) is 29.7 Å². The number of hydrogen-bond acceptors (Lipinski definition) is 6. The zero-order valence-corrected chi connectivity index (χ0v) is 16.3. The second-order valence-electron chi connectivity index (χ2n) is 6.23. The van der Waals surface area contributed by atoms with Crippen molar-refractivity contribution in [1.82, 2.24) is 14.7 Å². The van der Waals surface area contributed by atoms with Gasteiger partial charge in [-0.15, -0.1) is 11.3 Å². The second-order valence-corrected chi connectivity index (χ2v) is 9.39. The molecule has 1 N–H and O–H groups in total. The van der Waals surface area contributed by atoms with Crippen LogP contribution < -0.4 is 9.62 Å². The molecule has 0 atom stereocenters. The summed E-state index contributed by atoms with van der Waals surface area (Å²) in [5.74, 6) is 1.40. The maximum atomic E-state index is 12.4. The Morgan fingerprint density at radius 3 is 2.64 bits per heavy atom. The van der Waals surface area contributed by atoms with Gasteiger partial charge in [0.25, 0.3) is 0 Å². The zero-order valence-electron chi connectivity index (χ0n) is 14.7. The highest BCUT2D eigenvalue weighted by atomic mass is 32.2. The van der Waals surface area contributed by atoms with Gasteiger partial charge in [0.2, 0.25) is 10.0 Å². The molecule has 3 rings (SSSR count). The Morgan fingerprint density at radius 2 is 1.96 bits per heavy atom. The van der Waals surface area contributed by atoms with Gasteiger partial charge in [-0.25, -0.2) is 23.1 Å². The van der Waals surface area contributed by atoms with Gasteiger partial charge in [0.1, 0.15) is 15.9 Å². The third-order valence-corrected chi connectivity index (χ3v) is 7.36. The minimum absolute atomic E-state index is 0.101. The van der Waals surface area contributed by atoms with E-state index in [0.717, 1.165) is 35.9 Å². The number of thiophene rings is 1. The molecule has 0 unspecified atom stereocenters. The molecule has 1 saturated heterocycles. The summed E-state index contributed by atoms with van der Waals surface area (Å²) in [5.41, 5.74) is 0.856. The number of aromatic nitrogens is 2. The number of rotatable bonds is 6. The molecule has 1 aliphatic heterocycles. The van der Waals surface area contributed by atoms with E-state index in [-0.39, 0.29) is 6.54 Å². The fourth-order valence-corrected chi connectivity index (χ4v) is 5.22. The fraction of sp³-hybridized carbons (Fsp3) is 0.529. The van der Waals surface area contributed by atoms with Crippen LogP contribution in [0.1, 0.15) is 42.6 Å². The maximum absolute atomic E-state index is 12.4. The van der Waals surface area contributed by atoms with Crippen molar-refractivity contribution in [3.05, 3.63) is 34.6 Å². The van der Waals surface area contributed by atoms with Crippen LogP contribution in [-0.4, -0.2) is 31.5 Å². The quantitative estimate of drug-likeness (QED) is 0.834. The van der Waals surface area contributed by atoms with Crippen LogP contribution in [0.5, 0.6) is 0 Å². The van der Waals surface area contributed by atoms with E-state index in [1.54, 1.807) is 6.07 Å². The molecule has 2 aromatic rings. The Labute approximate surface area is 153 Å². The molecule has 0 aromatic carbocycles. The second kappa shape index (κ2) is 7.80. The third-order valence-electron chi connectivity index (χ3n) is 4.24. The molecule has 0 radical (unpaired) electrons. The highest BCUT2D eigenvalue weighted by molar-refractivity contribution is 7.91. The Kier molecular flexibility index (Phi) is 5.71. The standard InChI is InChI=1S/C17H24N4O2S2/c1-3-14-7-8-17(24-14)25(22,23)18-12-15-19-13(2)11-16(20-15)21-9-5-4-6-10-21/h7-8,11,18H,3-6,9-10,12H2,1-2H3. The van der Waals surface area contributed by atoms with Gasteiger partial charge in [0.05, 0.1) is 6.54 Å². The Balaban J connectivity index is 1.73. The van der Waals surface area contributed by atoms with Crippen LogP contribution in [0.3, 0.4) is 0 Å². The molecule has 0 saturated carbocycles. The lowest BCUT2D eigenvalue weighted by Crippen LogP contribution is -2.31. The summed E-state index contributed by atoms with van der Waals surface area (Å²) < 4.78 is 27.8. The highest BCUT2D eigenvalue weighted by Gasteiger charge is 2.18. The van der Waals surface area contributed by atoms with Gasteiger partial charge < -0.3 is 4.90 Å². The average Bonchev–Trinajstić information content (AvgIpc) is 3.11. The lowest BCUT2D eigenvalue weighted by Gasteiger charge is -2.28. The van der Waals surface area contributed by atoms with Crippen molar-refractivity contribution in [1.29, 1.82) is 0 Å². The number of anilines is 1. The molecule has 0 amide bonds. The summed E-state index contributed by atoms with van der Waals surface area (Å²) in [5, 5.41) is 0. The largest absolute Gasteiger partial charge is 0.357 e. The zero-order chi connectivity index (χ0) is 17.9. The molecular weight excluding hydrogens is 356 g/mol. The molecular formula is C17H24N4O2S2. The first-order valence-corrected chi connectivity index (χ1v) is 11.0. The Hall–Kier alpha value is -1.51. The van der Waals surface area contributed by atoms with Gasteiger partial charge in [-0.1, -0.05) is 6.92 Å². The van der Waals surface area contributed by atoms with Crippen molar-refractivity contribution in [2.45, 2.75) is 50.3 Å². The number of nitrogens with zero attached hydrogens (tertiary/aromatic N) is 3. The topological polar surface area (TPSA) is 75.2 Å². The minimum atomic E-state index is -3.52. The van der Waals surface area contributed by atoms with Crippen LogP contribution in [0.15, 0.2) is 22.4 Å². The lowest BCUT2D eigenvalue weighted by molar-refractivity contribution is 0.569. The predicted octanol–water partition coefficient (Wildman–Crippen LogP) is 2.88. The lowest BCUT2D eigenvalue weighted by atomic mass is 10.1. The molecule has 8 heteroatoms. The number of piperidine rings is 1. The van der Waals surface area contributed by atoms with Gasteiger partial charge >= 0.3 is 0 Å². The van der Waals surface area contributed by atoms with E-state index in [1.807, 2.05) is 26.0 Å². The fourth-order valence-electron chi connectivity index (χ4n) is 2.90. The van der Waals surface area contributed by atoms with Gasteiger partial charge in [-0.3, -0.25) is 0 Å². The summed E-state index contributed by atoms with van der Waals surface area (Å²) in [4.78, 5) is 12.3. The smallest absolute Gasteiger partial charge is 0.250 e.